The third kappa shape index (κ3) is 6.03. The van der Waals surface area contributed by atoms with Crippen molar-refractivity contribution in [3.63, 3.8) is 0 Å². The second kappa shape index (κ2) is 9.29. The maximum absolute atomic E-state index is 12.2. The fourth-order valence-electron chi connectivity index (χ4n) is 2.30. The van der Waals surface area contributed by atoms with E-state index in [0.717, 1.165) is 6.08 Å². The molecule has 1 aliphatic heterocycles. The first-order chi connectivity index (χ1) is 11.3. The van der Waals surface area contributed by atoms with E-state index in [9.17, 15) is 27.4 Å². The number of carbonyl (C=O) groups is 3. The van der Waals surface area contributed by atoms with Gasteiger partial charge in [0, 0.05) is 6.08 Å². The molecule has 2 unspecified atom stereocenters. The van der Waals surface area contributed by atoms with Crippen molar-refractivity contribution in [2.45, 2.75) is 52.3 Å². The second-order valence-corrected chi connectivity index (χ2v) is 7.60. The first-order valence-electron chi connectivity index (χ1n) is 7.42. The van der Waals surface area contributed by atoms with Crippen molar-refractivity contribution < 1.29 is 36.9 Å². The fourth-order valence-corrected chi connectivity index (χ4v) is 3.21. The summed E-state index contributed by atoms with van der Waals surface area (Å²) in [5.41, 5.74) is -0.742. The molecule has 0 aromatic carbocycles. The molecule has 1 N–H and O–H groups in total. The van der Waals surface area contributed by atoms with Gasteiger partial charge in [0.1, 0.15) is 6.04 Å². The summed E-state index contributed by atoms with van der Waals surface area (Å²) >= 11 is 0. The Morgan fingerprint density at radius 2 is 1.92 bits per heavy atom. The summed E-state index contributed by atoms with van der Waals surface area (Å²) in [7, 11) is -4.88. The van der Waals surface area contributed by atoms with Crippen LogP contribution in [-0.4, -0.2) is 94.5 Å². The number of nitrogens with zero attached hydrogens (tertiary/aromatic N) is 2. The molecule has 2 amide bonds. The average molecular weight is 402 g/mol. The number of esters is 1. The number of hydrogen-bond acceptors (Lipinski definition) is 7. The molecule has 2 atom stereocenters. The molecule has 0 bridgehead atoms. The summed E-state index contributed by atoms with van der Waals surface area (Å²) in [4.78, 5) is 40.4. The SMILES string of the molecule is CCOC(=O)C=C(C)C1C(N(C=O)OC(C)(C)C)C(=O)N1S(=O)(=O)O.[NaH]. The molecule has 1 fully saturated rings. The normalized spacial score (nSPS) is 20.8. The van der Waals surface area contributed by atoms with Gasteiger partial charge in [-0.25, -0.2) is 14.2 Å². The van der Waals surface area contributed by atoms with E-state index in [4.69, 9.17) is 9.57 Å². The Kier molecular flexibility index (Phi) is 8.94. The van der Waals surface area contributed by atoms with E-state index in [1.165, 1.54) is 6.92 Å². The van der Waals surface area contributed by atoms with Crippen molar-refractivity contribution in [2.24, 2.45) is 0 Å². The minimum atomic E-state index is -4.88. The molecule has 0 aromatic heterocycles. The van der Waals surface area contributed by atoms with Gasteiger partial charge in [0.2, 0.25) is 6.41 Å². The van der Waals surface area contributed by atoms with Crippen LogP contribution in [-0.2, 0) is 34.3 Å². The second-order valence-electron chi connectivity index (χ2n) is 6.31. The summed E-state index contributed by atoms with van der Waals surface area (Å²) in [6, 6.07) is -2.64. The van der Waals surface area contributed by atoms with E-state index in [1.54, 1.807) is 27.7 Å². The maximum atomic E-state index is 12.2. The Hall–Kier alpha value is -0.980. The van der Waals surface area contributed by atoms with Crippen molar-refractivity contribution in [1.82, 2.24) is 9.37 Å². The van der Waals surface area contributed by atoms with E-state index in [1.807, 2.05) is 0 Å². The van der Waals surface area contributed by atoms with Crippen LogP contribution in [0.15, 0.2) is 11.6 Å². The monoisotopic (exact) mass is 402 g/mol. The van der Waals surface area contributed by atoms with Crippen LogP contribution in [0, 0.1) is 0 Å². The standard InChI is InChI=1S/C14H22N2O8S.Na.H/c1-6-23-10(18)7-9(2)11-12(13(19)16(11)25(20,21)22)15(8-17)24-14(3,4)5;;/h7-8,11-12H,6H2,1-5H3,(H,20,21,22);;. The molecule has 10 nitrogen and oxygen atoms in total. The van der Waals surface area contributed by atoms with Gasteiger partial charge in [-0.15, -0.1) is 0 Å². The van der Waals surface area contributed by atoms with Crippen molar-refractivity contribution in [2.75, 3.05) is 6.61 Å². The number of ether oxygens (including phenoxy) is 1. The van der Waals surface area contributed by atoms with Gasteiger partial charge in [0.15, 0.2) is 6.04 Å². The fraction of sp³-hybridized carbons (Fsp3) is 0.643. The average Bonchev–Trinajstić information content (AvgIpc) is 2.40. The topological polar surface area (TPSA) is 131 Å². The molecule has 0 aliphatic carbocycles. The number of hydroxylamine groups is 2. The quantitative estimate of drug-likeness (QED) is 0.114. The molecule has 0 spiro atoms. The molecule has 0 saturated carbocycles. The van der Waals surface area contributed by atoms with Crippen LogP contribution in [0.2, 0.25) is 0 Å². The number of rotatable bonds is 7. The van der Waals surface area contributed by atoms with Crippen molar-refractivity contribution in [3.8, 4) is 0 Å². The van der Waals surface area contributed by atoms with E-state index in [0.29, 0.717) is 5.06 Å². The van der Waals surface area contributed by atoms with Gasteiger partial charge in [-0.3, -0.25) is 19.0 Å². The van der Waals surface area contributed by atoms with Crippen LogP contribution in [0.3, 0.4) is 0 Å². The Morgan fingerprint density at radius 3 is 2.31 bits per heavy atom. The molecule has 1 saturated heterocycles. The van der Waals surface area contributed by atoms with Crippen molar-refractivity contribution >= 4 is 58.1 Å². The van der Waals surface area contributed by atoms with Crippen LogP contribution in [0.1, 0.15) is 34.6 Å². The van der Waals surface area contributed by atoms with Gasteiger partial charge in [-0.1, -0.05) is 0 Å². The zero-order valence-corrected chi connectivity index (χ0v) is 15.4. The van der Waals surface area contributed by atoms with Gasteiger partial charge in [0.25, 0.3) is 5.91 Å². The molecule has 1 aliphatic rings. The zero-order chi connectivity index (χ0) is 19.6. The van der Waals surface area contributed by atoms with Gasteiger partial charge in [-0.05, 0) is 40.2 Å². The molecule has 0 radical (unpaired) electrons. The van der Waals surface area contributed by atoms with E-state index in [-0.39, 0.29) is 52.5 Å². The summed E-state index contributed by atoms with van der Waals surface area (Å²) in [6.07, 6.45) is 1.23. The summed E-state index contributed by atoms with van der Waals surface area (Å²) in [6.45, 7) is 7.95. The van der Waals surface area contributed by atoms with E-state index in [2.05, 4.69) is 0 Å². The van der Waals surface area contributed by atoms with E-state index < -0.39 is 39.9 Å². The molecule has 144 valence electrons. The Bertz CT molecular complexity index is 686. The Morgan fingerprint density at radius 1 is 1.38 bits per heavy atom. The third-order valence-electron chi connectivity index (χ3n) is 3.13. The Labute approximate surface area is 174 Å². The van der Waals surface area contributed by atoms with Crippen LogP contribution < -0.4 is 0 Å². The summed E-state index contributed by atoms with van der Waals surface area (Å²) < 4.78 is 37.1. The van der Waals surface area contributed by atoms with Crippen molar-refractivity contribution in [3.05, 3.63) is 11.6 Å². The zero-order valence-electron chi connectivity index (χ0n) is 14.6. The van der Waals surface area contributed by atoms with Crippen molar-refractivity contribution in [1.29, 1.82) is 0 Å². The third-order valence-corrected chi connectivity index (χ3v) is 4.03. The van der Waals surface area contributed by atoms with Crippen LogP contribution >= 0.6 is 0 Å². The number of amides is 2. The first kappa shape index (κ1) is 25.0. The molecule has 0 aromatic rings. The Balaban J connectivity index is 0.00000625. The first-order valence-corrected chi connectivity index (χ1v) is 8.81. The number of carbonyl (C=O) groups excluding carboxylic acids is 3. The number of β-lactam (4-membered cyclic amide) rings is 1. The van der Waals surface area contributed by atoms with E-state index >= 15 is 0 Å². The molecule has 1 rings (SSSR count). The summed E-state index contributed by atoms with van der Waals surface area (Å²) in [5.74, 6) is -1.80. The van der Waals surface area contributed by atoms with Crippen LogP contribution in [0.4, 0.5) is 0 Å². The molecule has 1 heterocycles. The number of hydrogen-bond donors (Lipinski definition) is 1. The molecule has 26 heavy (non-hydrogen) atoms. The van der Waals surface area contributed by atoms with Crippen LogP contribution in [0.5, 0.6) is 0 Å². The predicted octanol–water partition coefficient (Wildman–Crippen LogP) is -0.582. The molecule has 12 heteroatoms. The summed E-state index contributed by atoms with van der Waals surface area (Å²) in [5, 5.41) is 0.678. The molecular weight excluding hydrogens is 379 g/mol. The molecular formula is C14H23N2NaO8S. The van der Waals surface area contributed by atoms with Crippen LogP contribution in [0.25, 0.3) is 0 Å². The van der Waals surface area contributed by atoms with Gasteiger partial charge in [0.05, 0.1) is 12.2 Å². The van der Waals surface area contributed by atoms with Gasteiger partial charge in [-0.2, -0.15) is 8.42 Å². The van der Waals surface area contributed by atoms with Gasteiger partial charge >= 0.3 is 45.8 Å². The van der Waals surface area contributed by atoms with Gasteiger partial charge < -0.3 is 4.74 Å². The minimum absolute atomic E-state index is 0. The predicted molar refractivity (Wildman–Crippen MR) is 92.3 cm³/mol.